The molecule has 3 heteroatoms. The SMILES string of the molecule is Cc1ccc(NC(=O)C2(c3cccc(F)c3)CCC2)c(C)c1. The lowest BCUT2D eigenvalue weighted by molar-refractivity contribution is -0.124. The standard InChI is InChI=1S/C19H20FNO/c1-13-7-8-17(14(2)11-13)21-18(22)19(9-4-10-19)15-5-3-6-16(20)12-15/h3,5-8,11-12H,4,9-10H2,1-2H3,(H,21,22). The number of benzene rings is 2. The monoisotopic (exact) mass is 297 g/mol. The van der Waals surface area contributed by atoms with Gasteiger partial charge in [-0.25, -0.2) is 4.39 Å². The predicted molar refractivity (Wildman–Crippen MR) is 86.5 cm³/mol. The van der Waals surface area contributed by atoms with Crippen molar-refractivity contribution in [1.82, 2.24) is 0 Å². The molecule has 0 atom stereocenters. The van der Waals surface area contributed by atoms with Gasteiger partial charge in [-0.15, -0.1) is 0 Å². The van der Waals surface area contributed by atoms with Crippen molar-refractivity contribution in [1.29, 1.82) is 0 Å². The minimum Gasteiger partial charge on any atom is -0.325 e. The second-order valence-corrected chi connectivity index (χ2v) is 6.22. The Morgan fingerprint density at radius 2 is 1.91 bits per heavy atom. The summed E-state index contributed by atoms with van der Waals surface area (Å²) in [7, 11) is 0. The van der Waals surface area contributed by atoms with Crippen molar-refractivity contribution in [2.24, 2.45) is 0 Å². The maximum Gasteiger partial charge on any atom is 0.235 e. The van der Waals surface area contributed by atoms with Gasteiger partial charge < -0.3 is 5.32 Å². The van der Waals surface area contributed by atoms with Crippen LogP contribution in [0.5, 0.6) is 0 Å². The molecule has 2 aromatic rings. The number of aryl methyl sites for hydroxylation is 2. The Bertz CT molecular complexity index is 719. The van der Waals surface area contributed by atoms with Crippen molar-refractivity contribution < 1.29 is 9.18 Å². The van der Waals surface area contributed by atoms with Crippen LogP contribution in [-0.4, -0.2) is 5.91 Å². The van der Waals surface area contributed by atoms with Gasteiger partial charge in [0.1, 0.15) is 5.82 Å². The molecule has 1 N–H and O–H groups in total. The van der Waals surface area contributed by atoms with Gasteiger partial charge in [0.25, 0.3) is 0 Å². The first-order valence-corrected chi connectivity index (χ1v) is 7.66. The van der Waals surface area contributed by atoms with Crippen LogP contribution in [-0.2, 0) is 10.2 Å². The van der Waals surface area contributed by atoms with Crippen LogP contribution in [0.25, 0.3) is 0 Å². The molecule has 114 valence electrons. The molecular weight excluding hydrogens is 277 g/mol. The third kappa shape index (κ3) is 2.52. The van der Waals surface area contributed by atoms with Gasteiger partial charge in [0.05, 0.1) is 5.41 Å². The van der Waals surface area contributed by atoms with Crippen LogP contribution in [0.1, 0.15) is 36.0 Å². The topological polar surface area (TPSA) is 29.1 Å². The van der Waals surface area contributed by atoms with Gasteiger partial charge in [-0.05, 0) is 56.0 Å². The maximum atomic E-state index is 13.5. The predicted octanol–water partition coefficient (Wildman–Crippen LogP) is 4.50. The number of halogens is 1. The minimum atomic E-state index is -0.584. The summed E-state index contributed by atoms with van der Waals surface area (Å²) in [5.74, 6) is -0.320. The van der Waals surface area contributed by atoms with Gasteiger partial charge in [0.15, 0.2) is 0 Å². The Labute approximate surface area is 130 Å². The van der Waals surface area contributed by atoms with E-state index in [1.165, 1.54) is 17.7 Å². The molecule has 0 heterocycles. The van der Waals surface area contributed by atoms with Crippen molar-refractivity contribution in [3.63, 3.8) is 0 Å². The normalized spacial score (nSPS) is 16.0. The first-order valence-electron chi connectivity index (χ1n) is 7.66. The summed E-state index contributed by atoms with van der Waals surface area (Å²) >= 11 is 0. The zero-order valence-corrected chi connectivity index (χ0v) is 12.9. The van der Waals surface area contributed by atoms with Crippen molar-refractivity contribution in [3.05, 3.63) is 65.0 Å². The molecular formula is C19H20FNO. The van der Waals surface area contributed by atoms with E-state index in [0.29, 0.717) is 0 Å². The van der Waals surface area contributed by atoms with E-state index < -0.39 is 5.41 Å². The number of amides is 1. The third-order valence-electron chi connectivity index (χ3n) is 4.65. The molecule has 0 aliphatic heterocycles. The molecule has 1 fully saturated rings. The fourth-order valence-electron chi connectivity index (χ4n) is 3.16. The van der Waals surface area contributed by atoms with Gasteiger partial charge in [-0.3, -0.25) is 4.79 Å². The molecule has 0 spiro atoms. The number of rotatable bonds is 3. The zero-order valence-electron chi connectivity index (χ0n) is 12.9. The molecule has 22 heavy (non-hydrogen) atoms. The summed E-state index contributed by atoms with van der Waals surface area (Å²) < 4.78 is 13.5. The van der Waals surface area contributed by atoms with Gasteiger partial charge in [-0.2, -0.15) is 0 Å². The molecule has 0 bridgehead atoms. The van der Waals surface area contributed by atoms with Gasteiger partial charge in [-0.1, -0.05) is 36.2 Å². The maximum absolute atomic E-state index is 13.5. The Morgan fingerprint density at radius 3 is 2.50 bits per heavy atom. The summed E-state index contributed by atoms with van der Waals surface area (Å²) in [5, 5.41) is 3.04. The summed E-state index contributed by atoms with van der Waals surface area (Å²) in [6.45, 7) is 4.01. The van der Waals surface area contributed by atoms with Crippen LogP contribution >= 0.6 is 0 Å². The van der Waals surface area contributed by atoms with Crippen LogP contribution < -0.4 is 5.32 Å². The fourth-order valence-corrected chi connectivity index (χ4v) is 3.16. The smallest absolute Gasteiger partial charge is 0.235 e. The molecule has 1 aliphatic carbocycles. The van der Waals surface area contributed by atoms with E-state index in [1.54, 1.807) is 6.07 Å². The van der Waals surface area contributed by atoms with E-state index in [0.717, 1.165) is 36.1 Å². The lowest BCUT2D eigenvalue weighted by Gasteiger charge is -2.40. The molecule has 0 unspecified atom stereocenters. The molecule has 2 aromatic carbocycles. The van der Waals surface area contributed by atoms with Crippen LogP contribution in [0.4, 0.5) is 10.1 Å². The molecule has 1 saturated carbocycles. The summed E-state index contributed by atoms with van der Waals surface area (Å²) in [6, 6.07) is 12.4. The average molecular weight is 297 g/mol. The van der Waals surface area contributed by atoms with E-state index in [2.05, 4.69) is 5.32 Å². The number of nitrogens with one attached hydrogen (secondary N) is 1. The molecule has 1 amide bonds. The summed E-state index contributed by atoms with van der Waals surface area (Å²) in [5.41, 5.74) is 3.24. The Kier molecular flexibility index (Phi) is 3.73. The van der Waals surface area contributed by atoms with Crippen molar-refractivity contribution in [3.8, 4) is 0 Å². The molecule has 3 rings (SSSR count). The highest BCUT2D eigenvalue weighted by atomic mass is 19.1. The van der Waals surface area contributed by atoms with E-state index >= 15 is 0 Å². The number of anilines is 1. The Hall–Kier alpha value is -2.16. The lowest BCUT2D eigenvalue weighted by Crippen LogP contribution is -2.46. The molecule has 0 saturated heterocycles. The van der Waals surface area contributed by atoms with Gasteiger partial charge in [0.2, 0.25) is 5.91 Å². The molecule has 2 nitrogen and oxygen atoms in total. The Morgan fingerprint density at radius 1 is 1.14 bits per heavy atom. The van der Waals surface area contributed by atoms with Crippen molar-refractivity contribution in [2.45, 2.75) is 38.5 Å². The minimum absolute atomic E-state index is 0.0312. The van der Waals surface area contributed by atoms with Crippen LogP contribution in [0.2, 0.25) is 0 Å². The number of carbonyl (C=O) groups excluding carboxylic acids is 1. The quantitative estimate of drug-likeness (QED) is 0.887. The lowest BCUT2D eigenvalue weighted by atomic mass is 9.63. The highest BCUT2D eigenvalue weighted by Crippen LogP contribution is 2.44. The van der Waals surface area contributed by atoms with E-state index in [9.17, 15) is 9.18 Å². The first kappa shape index (κ1) is 14.8. The number of hydrogen-bond donors (Lipinski definition) is 1. The van der Waals surface area contributed by atoms with Crippen LogP contribution in [0, 0.1) is 19.7 Å². The second kappa shape index (κ2) is 5.56. The van der Waals surface area contributed by atoms with E-state index in [4.69, 9.17) is 0 Å². The molecule has 1 aliphatic rings. The average Bonchev–Trinajstić information content (AvgIpc) is 2.41. The van der Waals surface area contributed by atoms with Gasteiger partial charge >= 0.3 is 0 Å². The summed E-state index contributed by atoms with van der Waals surface area (Å²) in [4.78, 5) is 12.8. The molecule has 0 aromatic heterocycles. The third-order valence-corrected chi connectivity index (χ3v) is 4.65. The molecule has 0 radical (unpaired) electrons. The van der Waals surface area contributed by atoms with Gasteiger partial charge in [0, 0.05) is 5.69 Å². The number of hydrogen-bond acceptors (Lipinski definition) is 1. The first-order chi connectivity index (χ1) is 10.5. The largest absolute Gasteiger partial charge is 0.325 e. The summed E-state index contributed by atoms with van der Waals surface area (Å²) in [6.07, 6.45) is 2.54. The van der Waals surface area contributed by atoms with E-state index in [-0.39, 0.29) is 11.7 Å². The van der Waals surface area contributed by atoms with Crippen molar-refractivity contribution >= 4 is 11.6 Å². The fraction of sp³-hybridized carbons (Fsp3) is 0.316. The number of carbonyl (C=O) groups is 1. The Balaban J connectivity index is 1.89. The second-order valence-electron chi connectivity index (χ2n) is 6.22. The highest BCUT2D eigenvalue weighted by molar-refractivity contribution is 6.00. The van der Waals surface area contributed by atoms with Crippen molar-refractivity contribution in [2.75, 3.05) is 5.32 Å². The van der Waals surface area contributed by atoms with E-state index in [1.807, 2.05) is 38.1 Å². The van der Waals surface area contributed by atoms with Crippen LogP contribution in [0.15, 0.2) is 42.5 Å². The highest BCUT2D eigenvalue weighted by Gasteiger charge is 2.45. The zero-order chi connectivity index (χ0) is 15.7. The van der Waals surface area contributed by atoms with Crippen LogP contribution in [0.3, 0.4) is 0 Å².